The van der Waals surface area contributed by atoms with E-state index in [0.717, 1.165) is 24.2 Å². The number of nitrogens with one attached hydrogen (secondary N) is 1. The quantitative estimate of drug-likeness (QED) is 0.651. The maximum Gasteiger partial charge on any atom is 0.244 e. The van der Waals surface area contributed by atoms with Crippen molar-refractivity contribution in [3.05, 3.63) is 24.3 Å². The van der Waals surface area contributed by atoms with Crippen LogP contribution in [0.5, 0.6) is 5.75 Å². The Kier molecular flexibility index (Phi) is 3.14. The highest BCUT2D eigenvalue weighted by Gasteiger charge is 2.60. The molecule has 2 aliphatic carbocycles. The van der Waals surface area contributed by atoms with E-state index >= 15 is 0 Å². The summed E-state index contributed by atoms with van der Waals surface area (Å²) in [5.74, 6) is -0.701. The summed E-state index contributed by atoms with van der Waals surface area (Å²) in [6.07, 6.45) is 3.01. The van der Waals surface area contributed by atoms with Gasteiger partial charge in [-0.05, 0) is 43.2 Å². The van der Waals surface area contributed by atoms with Crippen molar-refractivity contribution < 1.29 is 19.5 Å². The molecule has 120 valence electrons. The number of fused-ring (bicyclic) bond motifs is 5. The van der Waals surface area contributed by atoms with Gasteiger partial charge in [0.15, 0.2) is 0 Å². The predicted molar refractivity (Wildman–Crippen MR) is 81.3 cm³/mol. The van der Waals surface area contributed by atoms with Crippen LogP contribution in [-0.4, -0.2) is 34.3 Å². The first kappa shape index (κ1) is 14.2. The van der Waals surface area contributed by atoms with Gasteiger partial charge in [0.25, 0.3) is 0 Å². The lowest BCUT2D eigenvalue weighted by molar-refractivity contribution is -0.143. The SMILES string of the molecule is O=C(CN1C(=O)[C@@H]2[C@H]3CC[C@@H](C3)[C@H]2C1=O)Nc1ccccc1O. The third kappa shape index (κ3) is 2.12. The highest BCUT2D eigenvalue weighted by Crippen LogP contribution is 2.56. The molecule has 1 aromatic carbocycles. The van der Waals surface area contributed by atoms with Gasteiger partial charge < -0.3 is 10.4 Å². The molecule has 0 aromatic heterocycles. The minimum atomic E-state index is -0.472. The van der Waals surface area contributed by atoms with Gasteiger partial charge in [-0.15, -0.1) is 0 Å². The van der Waals surface area contributed by atoms with Crippen molar-refractivity contribution in [1.82, 2.24) is 4.90 Å². The second-order valence-corrected chi connectivity index (χ2v) is 6.71. The number of imide groups is 1. The van der Waals surface area contributed by atoms with Crippen LogP contribution >= 0.6 is 0 Å². The Morgan fingerprint density at radius 2 is 1.74 bits per heavy atom. The molecule has 0 radical (unpaired) electrons. The molecule has 6 heteroatoms. The fourth-order valence-electron chi connectivity index (χ4n) is 4.54. The summed E-state index contributed by atoms with van der Waals surface area (Å²) in [4.78, 5) is 38.3. The molecular formula is C17H18N2O4. The number of phenolic OH excluding ortho intramolecular Hbond substituents is 1. The summed E-state index contributed by atoms with van der Waals surface area (Å²) in [5.41, 5.74) is 0.275. The largest absolute Gasteiger partial charge is 0.506 e. The Bertz CT molecular complexity index is 674. The molecule has 1 saturated heterocycles. The zero-order chi connectivity index (χ0) is 16.1. The number of benzene rings is 1. The summed E-state index contributed by atoms with van der Waals surface area (Å²) in [5, 5.41) is 12.2. The minimum Gasteiger partial charge on any atom is -0.506 e. The monoisotopic (exact) mass is 314 g/mol. The van der Waals surface area contributed by atoms with Crippen molar-refractivity contribution in [1.29, 1.82) is 0 Å². The van der Waals surface area contributed by atoms with E-state index in [0.29, 0.717) is 11.8 Å². The summed E-state index contributed by atoms with van der Waals surface area (Å²) in [6.45, 7) is -0.279. The molecule has 3 aliphatic rings. The fourth-order valence-corrected chi connectivity index (χ4v) is 4.54. The lowest BCUT2D eigenvalue weighted by Gasteiger charge is -2.19. The minimum absolute atomic E-state index is 0.0464. The molecule has 6 nitrogen and oxygen atoms in total. The number of phenols is 1. The third-order valence-corrected chi connectivity index (χ3v) is 5.50. The van der Waals surface area contributed by atoms with Crippen molar-refractivity contribution in [2.75, 3.05) is 11.9 Å². The highest BCUT2D eigenvalue weighted by atomic mass is 16.3. The van der Waals surface area contributed by atoms with E-state index in [-0.39, 0.29) is 41.6 Å². The molecule has 4 atom stereocenters. The molecule has 23 heavy (non-hydrogen) atoms. The number of likely N-dealkylation sites (tertiary alicyclic amines) is 1. The smallest absolute Gasteiger partial charge is 0.244 e. The summed E-state index contributed by atoms with van der Waals surface area (Å²) in [7, 11) is 0. The van der Waals surface area contributed by atoms with Crippen molar-refractivity contribution in [3.8, 4) is 5.75 Å². The van der Waals surface area contributed by atoms with Gasteiger partial charge in [-0.1, -0.05) is 12.1 Å². The number of aromatic hydroxyl groups is 1. The lowest BCUT2D eigenvalue weighted by Crippen LogP contribution is -2.39. The molecule has 2 saturated carbocycles. The van der Waals surface area contributed by atoms with Crippen LogP contribution in [0.2, 0.25) is 0 Å². The Balaban J connectivity index is 1.47. The van der Waals surface area contributed by atoms with Crippen molar-refractivity contribution >= 4 is 23.4 Å². The lowest BCUT2D eigenvalue weighted by atomic mass is 9.81. The summed E-state index contributed by atoms with van der Waals surface area (Å²) >= 11 is 0. The topological polar surface area (TPSA) is 86.7 Å². The molecule has 1 heterocycles. The van der Waals surface area contributed by atoms with Crippen LogP contribution < -0.4 is 5.32 Å². The molecule has 0 spiro atoms. The van der Waals surface area contributed by atoms with Crippen LogP contribution in [0.3, 0.4) is 0 Å². The predicted octanol–water partition coefficient (Wildman–Crippen LogP) is 1.36. The van der Waals surface area contributed by atoms with Gasteiger partial charge in [0.1, 0.15) is 12.3 Å². The second-order valence-electron chi connectivity index (χ2n) is 6.71. The number of para-hydroxylation sites is 2. The van der Waals surface area contributed by atoms with Gasteiger partial charge in [0.05, 0.1) is 17.5 Å². The number of hydrogen-bond acceptors (Lipinski definition) is 4. The average Bonchev–Trinajstić information content (AvgIpc) is 3.19. The number of anilines is 1. The van der Waals surface area contributed by atoms with Crippen molar-refractivity contribution in [3.63, 3.8) is 0 Å². The number of rotatable bonds is 3. The molecule has 1 aliphatic heterocycles. The van der Waals surface area contributed by atoms with E-state index in [1.54, 1.807) is 18.2 Å². The number of nitrogens with zero attached hydrogens (tertiary/aromatic N) is 1. The molecular weight excluding hydrogens is 296 g/mol. The first-order valence-corrected chi connectivity index (χ1v) is 7.99. The van der Waals surface area contributed by atoms with Crippen molar-refractivity contribution in [2.45, 2.75) is 19.3 Å². The number of amides is 3. The van der Waals surface area contributed by atoms with Crippen LogP contribution in [0.4, 0.5) is 5.69 Å². The normalized spacial score (nSPS) is 31.6. The van der Waals surface area contributed by atoms with Gasteiger partial charge in [0.2, 0.25) is 17.7 Å². The van der Waals surface area contributed by atoms with Gasteiger partial charge in [-0.3, -0.25) is 19.3 Å². The zero-order valence-electron chi connectivity index (χ0n) is 12.6. The second kappa shape index (κ2) is 5.08. The van der Waals surface area contributed by atoms with Gasteiger partial charge in [0, 0.05) is 0 Å². The van der Waals surface area contributed by atoms with Crippen LogP contribution in [-0.2, 0) is 14.4 Å². The fraction of sp³-hybridized carbons (Fsp3) is 0.471. The van der Waals surface area contributed by atoms with E-state index in [1.807, 2.05) is 0 Å². The highest BCUT2D eigenvalue weighted by molar-refractivity contribution is 6.09. The maximum atomic E-state index is 12.5. The van der Waals surface area contributed by atoms with E-state index < -0.39 is 5.91 Å². The Hall–Kier alpha value is -2.37. The molecule has 4 rings (SSSR count). The van der Waals surface area contributed by atoms with E-state index in [1.165, 1.54) is 6.07 Å². The number of carbonyl (C=O) groups is 3. The molecule has 3 amide bonds. The first-order valence-electron chi connectivity index (χ1n) is 7.99. The molecule has 3 fully saturated rings. The molecule has 2 bridgehead atoms. The van der Waals surface area contributed by atoms with Crippen LogP contribution in [0, 0.1) is 23.7 Å². The summed E-state index contributed by atoms with van der Waals surface area (Å²) < 4.78 is 0. The van der Waals surface area contributed by atoms with Gasteiger partial charge in [-0.25, -0.2) is 0 Å². The van der Waals surface area contributed by atoms with Gasteiger partial charge >= 0.3 is 0 Å². The molecule has 2 N–H and O–H groups in total. The van der Waals surface area contributed by atoms with Crippen molar-refractivity contribution in [2.24, 2.45) is 23.7 Å². The standard InChI is InChI=1S/C17H18N2O4/c20-12-4-2-1-3-11(12)18-13(21)8-19-16(22)14-9-5-6-10(7-9)15(14)17(19)23/h1-4,9-10,14-15,20H,5-8H2,(H,18,21)/t9-,10-,14+,15+/m0/s1. The van der Waals surface area contributed by atoms with Crippen LogP contribution in [0.15, 0.2) is 24.3 Å². The Morgan fingerprint density at radius 3 is 2.35 bits per heavy atom. The zero-order valence-corrected chi connectivity index (χ0v) is 12.6. The Morgan fingerprint density at radius 1 is 1.13 bits per heavy atom. The maximum absolute atomic E-state index is 12.5. The van der Waals surface area contributed by atoms with E-state index in [4.69, 9.17) is 0 Å². The molecule has 0 unspecified atom stereocenters. The van der Waals surface area contributed by atoms with E-state index in [2.05, 4.69) is 5.32 Å². The first-order chi connectivity index (χ1) is 11.1. The number of carbonyl (C=O) groups excluding carboxylic acids is 3. The van der Waals surface area contributed by atoms with Gasteiger partial charge in [-0.2, -0.15) is 0 Å². The molecule has 1 aromatic rings. The van der Waals surface area contributed by atoms with E-state index in [9.17, 15) is 19.5 Å². The summed E-state index contributed by atoms with van der Waals surface area (Å²) in [6, 6.07) is 6.36. The number of hydrogen-bond donors (Lipinski definition) is 2. The average molecular weight is 314 g/mol. The third-order valence-electron chi connectivity index (χ3n) is 5.50. The van der Waals surface area contributed by atoms with Crippen LogP contribution in [0.1, 0.15) is 19.3 Å². The Labute approximate surface area is 133 Å². The van der Waals surface area contributed by atoms with Crippen LogP contribution in [0.25, 0.3) is 0 Å².